The van der Waals surface area contributed by atoms with Crippen LogP contribution in [0.5, 0.6) is 0 Å². The van der Waals surface area contributed by atoms with Gasteiger partial charge in [0.15, 0.2) is 0 Å². The molecule has 0 bridgehead atoms. The van der Waals surface area contributed by atoms with Crippen LogP contribution in [0.4, 0.5) is 5.82 Å². The highest BCUT2D eigenvalue weighted by Crippen LogP contribution is 2.40. The fourth-order valence-corrected chi connectivity index (χ4v) is 5.28. The molecule has 1 atom stereocenters. The fraction of sp³-hybridized carbons (Fsp3) is 0.550. The van der Waals surface area contributed by atoms with Gasteiger partial charge >= 0.3 is 5.97 Å². The minimum Gasteiger partial charge on any atom is -0.462 e. The molecule has 3 aromatic heterocycles. The molecule has 1 aliphatic heterocycles. The summed E-state index contributed by atoms with van der Waals surface area (Å²) in [6.45, 7) is 5.93. The third-order valence-corrected chi connectivity index (χ3v) is 6.97. The lowest BCUT2D eigenvalue weighted by molar-refractivity contribution is 0.0531. The van der Waals surface area contributed by atoms with Crippen LogP contribution in [0.15, 0.2) is 12.7 Å². The monoisotopic (exact) mass is 412 g/mol. The smallest absolute Gasteiger partial charge is 0.348 e. The van der Waals surface area contributed by atoms with Gasteiger partial charge in [0.25, 0.3) is 0 Å². The zero-order chi connectivity index (χ0) is 20.0. The number of carbonyl (C=O) groups excluding carboxylic acids is 1. The first-order valence-electron chi connectivity index (χ1n) is 10.2. The minimum absolute atomic E-state index is 0.284. The number of nitrogens with zero attached hydrogens (tertiary/aromatic N) is 6. The standard InChI is InChI=1S/C20H24N6O2S/c1-3-28-20(27)16-12(2)15-18(21-10-22-19(15)29-16)25-8-4-5-13(9-25)17-24-23-11-26(17)14-6-7-14/h10-11,13-14H,3-9H2,1-2H3. The molecule has 152 valence electrons. The Morgan fingerprint density at radius 2 is 2.17 bits per heavy atom. The Morgan fingerprint density at radius 3 is 2.97 bits per heavy atom. The van der Waals surface area contributed by atoms with Crippen molar-refractivity contribution in [2.45, 2.75) is 51.5 Å². The van der Waals surface area contributed by atoms with Gasteiger partial charge in [-0.25, -0.2) is 14.8 Å². The van der Waals surface area contributed by atoms with E-state index >= 15 is 0 Å². The zero-order valence-electron chi connectivity index (χ0n) is 16.7. The SMILES string of the molecule is CCOC(=O)c1sc2ncnc(N3CCCC(c4nncn4C4CC4)C3)c2c1C. The minimum atomic E-state index is -0.284. The van der Waals surface area contributed by atoms with Crippen LogP contribution >= 0.6 is 11.3 Å². The molecule has 1 unspecified atom stereocenters. The molecule has 5 rings (SSSR count). The number of aromatic nitrogens is 5. The van der Waals surface area contributed by atoms with E-state index in [4.69, 9.17) is 4.74 Å². The van der Waals surface area contributed by atoms with Crippen LogP contribution in [0.2, 0.25) is 0 Å². The Hall–Kier alpha value is -2.55. The van der Waals surface area contributed by atoms with Crippen molar-refractivity contribution in [3.8, 4) is 0 Å². The number of ether oxygens (including phenoxy) is 1. The molecule has 0 spiro atoms. The Bertz CT molecular complexity index is 1060. The van der Waals surface area contributed by atoms with Crippen LogP contribution in [0.25, 0.3) is 10.2 Å². The molecule has 3 aromatic rings. The predicted octanol–water partition coefficient (Wildman–Crippen LogP) is 3.49. The van der Waals surface area contributed by atoms with E-state index in [0.29, 0.717) is 23.4 Å². The maximum Gasteiger partial charge on any atom is 0.348 e. The van der Waals surface area contributed by atoms with Gasteiger partial charge in [0.2, 0.25) is 0 Å². The lowest BCUT2D eigenvalue weighted by Gasteiger charge is -2.33. The van der Waals surface area contributed by atoms with Crippen molar-refractivity contribution >= 4 is 33.3 Å². The molecular formula is C20H24N6O2S. The number of hydrogen-bond donors (Lipinski definition) is 0. The summed E-state index contributed by atoms with van der Waals surface area (Å²) in [6, 6.07) is 0.576. The second-order valence-electron chi connectivity index (χ2n) is 7.77. The number of carbonyl (C=O) groups is 1. The Kier molecular flexibility index (Phi) is 4.69. The summed E-state index contributed by atoms with van der Waals surface area (Å²) in [5.74, 6) is 2.05. The van der Waals surface area contributed by atoms with E-state index in [0.717, 1.165) is 53.4 Å². The van der Waals surface area contributed by atoms with E-state index in [9.17, 15) is 4.79 Å². The van der Waals surface area contributed by atoms with Crippen LogP contribution in [0, 0.1) is 6.92 Å². The summed E-state index contributed by atoms with van der Waals surface area (Å²) >= 11 is 1.38. The van der Waals surface area contributed by atoms with Crippen LogP contribution in [-0.4, -0.2) is 50.4 Å². The van der Waals surface area contributed by atoms with E-state index in [1.807, 2.05) is 20.2 Å². The van der Waals surface area contributed by atoms with Gasteiger partial charge in [0, 0.05) is 25.0 Å². The number of thiophene rings is 1. The van der Waals surface area contributed by atoms with Gasteiger partial charge in [-0.1, -0.05) is 0 Å². The number of esters is 1. The Balaban J connectivity index is 1.48. The van der Waals surface area contributed by atoms with E-state index in [-0.39, 0.29) is 5.97 Å². The Labute approximate surface area is 172 Å². The van der Waals surface area contributed by atoms with Crippen LogP contribution in [-0.2, 0) is 4.74 Å². The number of aryl methyl sites for hydroxylation is 1. The summed E-state index contributed by atoms with van der Waals surface area (Å²) in [5.41, 5.74) is 0.905. The van der Waals surface area contributed by atoms with Crippen molar-refractivity contribution in [2.24, 2.45) is 0 Å². The highest BCUT2D eigenvalue weighted by molar-refractivity contribution is 7.20. The fourth-order valence-electron chi connectivity index (χ4n) is 4.24. The van der Waals surface area contributed by atoms with Gasteiger partial charge in [-0.15, -0.1) is 21.5 Å². The van der Waals surface area contributed by atoms with Crippen LogP contribution in [0.1, 0.15) is 65.6 Å². The maximum atomic E-state index is 12.3. The van der Waals surface area contributed by atoms with Gasteiger partial charge < -0.3 is 14.2 Å². The first kappa shape index (κ1) is 18.5. The predicted molar refractivity (Wildman–Crippen MR) is 111 cm³/mol. The first-order valence-corrected chi connectivity index (χ1v) is 11.0. The molecule has 8 nitrogen and oxygen atoms in total. The lowest BCUT2D eigenvalue weighted by Crippen LogP contribution is -2.36. The van der Waals surface area contributed by atoms with Gasteiger partial charge in [-0.3, -0.25) is 0 Å². The summed E-state index contributed by atoms with van der Waals surface area (Å²) in [7, 11) is 0. The average molecular weight is 413 g/mol. The molecule has 0 amide bonds. The molecule has 1 saturated heterocycles. The van der Waals surface area contributed by atoms with Gasteiger partial charge in [-0.05, 0) is 45.1 Å². The van der Waals surface area contributed by atoms with Crippen molar-refractivity contribution in [3.05, 3.63) is 28.9 Å². The number of anilines is 1. The van der Waals surface area contributed by atoms with Crippen molar-refractivity contribution in [2.75, 3.05) is 24.6 Å². The maximum absolute atomic E-state index is 12.3. The van der Waals surface area contributed by atoms with Crippen LogP contribution in [0.3, 0.4) is 0 Å². The highest BCUT2D eigenvalue weighted by atomic mass is 32.1. The molecule has 2 fully saturated rings. The number of piperidine rings is 1. The van der Waals surface area contributed by atoms with Gasteiger partial charge in [0.05, 0.1) is 12.0 Å². The molecule has 1 saturated carbocycles. The van der Waals surface area contributed by atoms with Gasteiger partial charge in [0.1, 0.15) is 34.0 Å². The largest absolute Gasteiger partial charge is 0.462 e. The average Bonchev–Trinajstić information content (AvgIpc) is 3.36. The molecule has 0 N–H and O–H groups in total. The molecule has 4 heterocycles. The second kappa shape index (κ2) is 7.37. The van der Waals surface area contributed by atoms with Crippen molar-refractivity contribution < 1.29 is 9.53 Å². The van der Waals surface area contributed by atoms with Crippen molar-refractivity contribution in [1.82, 2.24) is 24.7 Å². The van der Waals surface area contributed by atoms with Crippen molar-refractivity contribution in [3.63, 3.8) is 0 Å². The molecule has 9 heteroatoms. The normalized spacial score (nSPS) is 19.7. The molecule has 2 aliphatic rings. The van der Waals surface area contributed by atoms with E-state index in [1.165, 1.54) is 24.2 Å². The second-order valence-corrected chi connectivity index (χ2v) is 8.77. The zero-order valence-corrected chi connectivity index (χ0v) is 17.5. The van der Waals surface area contributed by atoms with Gasteiger partial charge in [-0.2, -0.15) is 0 Å². The number of hydrogen-bond acceptors (Lipinski definition) is 8. The summed E-state index contributed by atoms with van der Waals surface area (Å²) in [4.78, 5) is 25.2. The number of rotatable bonds is 5. The lowest BCUT2D eigenvalue weighted by atomic mass is 9.96. The van der Waals surface area contributed by atoms with Crippen LogP contribution < -0.4 is 4.90 Å². The third kappa shape index (κ3) is 3.27. The topological polar surface area (TPSA) is 86.0 Å². The van der Waals surface area contributed by atoms with E-state index in [2.05, 4.69) is 29.6 Å². The molecular weight excluding hydrogens is 388 g/mol. The number of fused-ring (bicyclic) bond motifs is 1. The molecule has 1 aliphatic carbocycles. The summed E-state index contributed by atoms with van der Waals surface area (Å²) in [5, 5.41) is 9.59. The van der Waals surface area contributed by atoms with E-state index < -0.39 is 0 Å². The highest BCUT2D eigenvalue weighted by Gasteiger charge is 2.32. The quantitative estimate of drug-likeness (QED) is 0.593. The third-order valence-electron chi connectivity index (χ3n) is 5.79. The molecule has 29 heavy (non-hydrogen) atoms. The van der Waals surface area contributed by atoms with E-state index in [1.54, 1.807) is 6.33 Å². The molecule has 0 radical (unpaired) electrons. The van der Waals surface area contributed by atoms with Crippen molar-refractivity contribution in [1.29, 1.82) is 0 Å². The first-order chi connectivity index (χ1) is 14.2. The summed E-state index contributed by atoms with van der Waals surface area (Å²) < 4.78 is 7.49. The Morgan fingerprint density at radius 1 is 1.31 bits per heavy atom. The molecule has 0 aromatic carbocycles. The summed E-state index contributed by atoms with van der Waals surface area (Å²) in [6.07, 6.45) is 8.09.